The Morgan fingerprint density at radius 1 is 1.37 bits per heavy atom. The van der Waals surface area contributed by atoms with E-state index in [2.05, 4.69) is 20.9 Å². The van der Waals surface area contributed by atoms with E-state index in [9.17, 15) is 18.3 Å². The minimum absolute atomic E-state index is 0.117. The van der Waals surface area contributed by atoms with Crippen molar-refractivity contribution in [1.29, 1.82) is 0 Å². The third-order valence-corrected chi connectivity index (χ3v) is 2.95. The van der Waals surface area contributed by atoms with Gasteiger partial charge in [0.15, 0.2) is 5.76 Å². The first-order valence-electron chi connectivity index (χ1n) is 5.30. The van der Waals surface area contributed by atoms with Crippen molar-refractivity contribution in [2.45, 2.75) is 19.2 Å². The monoisotopic (exact) mass is 335 g/mol. The number of benzene rings is 1. The van der Waals surface area contributed by atoms with Gasteiger partial charge in [0, 0.05) is 10.0 Å². The number of oxazole rings is 1. The van der Waals surface area contributed by atoms with Crippen molar-refractivity contribution in [2.24, 2.45) is 0 Å². The van der Waals surface area contributed by atoms with Gasteiger partial charge in [0.25, 0.3) is 0 Å². The topological polar surface area (TPSA) is 46.3 Å². The molecule has 0 saturated carbocycles. The molecule has 0 aliphatic carbocycles. The highest BCUT2D eigenvalue weighted by molar-refractivity contribution is 9.10. The molecule has 0 saturated heterocycles. The van der Waals surface area contributed by atoms with Gasteiger partial charge in [-0.05, 0) is 25.1 Å². The highest BCUT2D eigenvalue weighted by Crippen LogP contribution is 2.38. The quantitative estimate of drug-likeness (QED) is 0.895. The molecule has 2 rings (SSSR count). The molecule has 1 unspecified atom stereocenters. The van der Waals surface area contributed by atoms with E-state index in [1.807, 2.05) is 0 Å². The molecule has 1 aromatic carbocycles. The average Bonchev–Trinajstić information content (AvgIpc) is 2.77. The first-order valence-corrected chi connectivity index (χ1v) is 6.09. The Kier molecular flexibility index (Phi) is 3.69. The Balaban J connectivity index is 2.55. The van der Waals surface area contributed by atoms with Crippen LogP contribution in [0.1, 0.15) is 24.4 Å². The SMILES string of the molecule is CC(O)c1cnc(-c2ccc(Br)cc2C(F)(F)F)o1. The number of rotatable bonds is 2. The Hall–Kier alpha value is -1.34. The number of aromatic nitrogens is 1. The van der Waals surface area contributed by atoms with E-state index in [0.29, 0.717) is 4.47 Å². The number of alkyl halides is 3. The molecule has 1 aromatic heterocycles. The van der Waals surface area contributed by atoms with E-state index in [4.69, 9.17) is 4.42 Å². The van der Waals surface area contributed by atoms with Gasteiger partial charge in [0.1, 0.15) is 6.10 Å². The van der Waals surface area contributed by atoms with Gasteiger partial charge in [-0.3, -0.25) is 0 Å². The minimum atomic E-state index is -4.52. The molecule has 0 amide bonds. The highest BCUT2D eigenvalue weighted by atomic mass is 79.9. The molecule has 0 radical (unpaired) electrons. The van der Waals surface area contributed by atoms with Gasteiger partial charge in [0.05, 0.1) is 11.8 Å². The second kappa shape index (κ2) is 4.97. The van der Waals surface area contributed by atoms with Gasteiger partial charge in [0.2, 0.25) is 5.89 Å². The summed E-state index contributed by atoms with van der Waals surface area (Å²) < 4.78 is 44.3. The fourth-order valence-electron chi connectivity index (χ4n) is 1.54. The lowest BCUT2D eigenvalue weighted by molar-refractivity contribution is -0.137. The van der Waals surface area contributed by atoms with Gasteiger partial charge >= 0.3 is 6.18 Å². The third-order valence-electron chi connectivity index (χ3n) is 2.45. The molecule has 1 atom stereocenters. The summed E-state index contributed by atoms with van der Waals surface area (Å²) in [5, 5.41) is 9.29. The summed E-state index contributed by atoms with van der Waals surface area (Å²) in [5.41, 5.74) is -1.01. The summed E-state index contributed by atoms with van der Waals surface area (Å²) in [5.74, 6) is -0.0539. The fraction of sp³-hybridized carbons (Fsp3) is 0.250. The molecule has 1 heterocycles. The molecule has 0 aliphatic rings. The minimum Gasteiger partial charge on any atom is -0.438 e. The van der Waals surface area contributed by atoms with Crippen molar-refractivity contribution in [3.63, 3.8) is 0 Å². The maximum atomic E-state index is 12.9. The lowest BCUT2D eigenvalue weighted by atomic mass is 10.1. The molecule has 7 heteroatoms. The van der Waals surface area contributed by atoms with Crippen LogP contribution in [0.25, 0.3) is 11.5 Å². The maximum Gasteiger partial charge on any atom is 0.417 e. The number of nitrogens with zero attached hydrogens (tertiary/aromatic N) is 1. The molecule has 0 aliphatic heterocycles. The molecule has 0 bridgehead atoms. The molecular weight excluding hydrogens is 327 g/mol. The second-order valence-electron chi connectivity index (χ2n) is 3.93. The first kappa shape index (κ1) is 14.1. The van der Waals surface area contributed by atoms with Gasteiger partial charge in [-0.15, -0.1) is 0 Å². The van der Waals surface area contributed by atoms with Crippen LogP contribution in [0.5, 0.6) is 0 Å². The van der Waals surface area contributed by atoms with Crippen LogP contribution >= 0.6 is 15.9 Å². The lowest BCUT2D eigenvalue weighted by Crippen LogP contribution is -2.07. The molecule has 0 spiro atoms. The van der Waals surface area contributed by atoms with Crippen molar-refractivity contribution < 1.29 is 22.7 Å². The van der Waals surface area contributed by atoms with Crippen LogP contribution in [0.4, 0.5) is 13.2 Å². The van der Waals surface area contributed by atoms with Crippen molar-refractivity contribution in [3.8, 4) is 11.5 Å². The van der Waals surface area contributed by atoms with E-state index < -0.39 is 17.8 Å². The normalized spacial score (nSPS) is 13.6. The number of aliphatic hydroxyl groups excluding tert-OH is 1. The predicted molar refractivity (Wildman–Crippen MR) is 65.3 cm³/mol. The summed E-state index contributed by atoms with van der Waals surface area (Å²) in [6.45, 7) is 1.44. The molecule has 0 fully saturated rings. The molecule has 3 nitrogen and oxygen atoms in total. The molecule has 2 aromatic rings. The van der Waals surface area contributed by atoms with Crippen LogP contribution in [0.2, 0.25) is 0 Å². The molecule has 102 valence electrons. The van der Waals surface area contributed by atoms with Crippen molar-refractivity contribution in [2.75, 3.05) is 0 Å². The first-order chi connectivity index (χ1) is 8.79. The van der Waals surface area contributed by atoms with Crippen molar-refractivity contribution >= 4 is 15.9 Å². The van der Waals surface area contributed by atoms with Crippen LogP contribution in [-0.4, -0.2) is 10.1 Å². The van der Waals surface area contributed by atoms with E-state index in [1.54, 1.807) is 0 Å². The lowest BCUT2D eigenvalue weighted by Gasteiger charge is -2.11. The van der Waals surface area contributed by atoms with E-state index in [1.165, 1.54) is 25.3 Å². The zero-order chi connectivity index (χ0) is 14.2. The Morgan fingerprint density at radius 3 is 2.58 bits per heavy atom. The van der Waals surface area contributed by atoms with Gasteiger partial charge < -0.3 is 9.52 Å². The number of halogens is 4. The molecule has 1 N–H and O–H groups in total. The Bertz CT molecular complexity index is 593. The largest absolute Gasteiger partial charge is 0.438 e. The molecular formula is C12H9BrF3NO2. The Morgan fingerprint density at radius 2 is 2.05 bits per heavy atom. The van der Waals surface area contributed by atoms with E-state index in [-0.39, 0.29) is 17.2 Å². The predicted octanol–water partition coefficient (Wildman–Crippen LogP) is 4.18. The summed E-state index contributed by atoms with van der Waals surface area (Å²) in [6.07, 6.45) is -4.23. The zero-order valence-electron chi connectivity index (χ0n) is 9.70. The zero-order valence-corrected chi connectivity index (χ0v) is 11.3. The van der Waals surface area contributed by atoms with E-state index in [0.717, 1.165) is 6.07 Å². The van der Waals surface area contributed by atoms with Crippen LogP contribution in [0, 0.1) is 0 Å². The summed E-state index contributed by atoms with van der Waals surface area (Å²) in [6, 6.07) is 3.70. The van der Waals surface area contributed by atoms with Crippen LogP contribution in [0.15, 0.2) is 33.3 Å². The second-order valence-corrected chi connectivity index (χ2v) is 4.85. The van der Waals surface area contributed by atoms with Gasteiger partial charge in [-0.25, -0.2) is 4.98 Å². The fourth-order valence-corrected chi connectivity index (χ4v) is 1.90. The highest BCUT2D eigenvalue weighted by Gasteiger charge is 2.35. The summed E-state index contributed by atoms with van der Waals surface area (Å²) in [7, 11) is 0. The van der Waals surface area contributed by atoms with Crippen LogP contribution in [0.3, 0.4) is 0 Å². The average molecular weight is 336 g/mol. The van der Waals surface area contributed by atoms with Gasteiger partial charge in [-0.1, -0.05) is 15.9 Å². The molecule has 19 heavy (non-hydrogen) atoms. The smallest absolute Gasteiger partial charge is 0.417 e. The number of hydrogen-bond acceptors (Lipinski definition) is 3. The van der Waals surface area contributed by atoms with Crippen LogP contribution < -0.4 is 0 Å². The van der Waals surface area contributed by atoms with Crippen LogP contribution in [-0.2, 0) is 6.18 Å². The number of aliphatic hydroxyl groups is 1. The van der Waals surface area contributed by atoms with Crippen molar-refractivity contribution in [3.05, 3.63) is 40.2 Å². The number of hydrogen-bond donors (Lipinski definition) is 1. The third kappa shape index (κ3) is 2.98. The summed E-state index contributed by atoms with van der Waals surface area (Å²) in [4.78, 5) is 3.77. The standard InChI is InChI=1S/C12H9BrF3NO2/c1-6(18)10-5-17-11(19-10)8-3-2-7(13)4-9(8)12(14,15)16/h2-6,18H,1H3. The Labute approximate surface area is 115 Å². The van der Waals surface area contributed by atoms with E-state index >= 15 is 0 Å². The van der Waals surface area contributed by atoms with Gasteiger partial charge in [-0.2, -0.15) is 13.2 Å². The maximum absolute atomic E-state index is 12.9. The van der Waals surface area contributed by atoms with Crippen molar-refractivity contribution in [1.82, 2.24) is 4.98 Å². The summed E-state index contributed by atoms with van der Waals surface area (Å²) >= 11 is 3.00.